The number of hydrogen-bond donors (Lipinski definition) is 2. The van der Waals surface area contributed by atoms with Crippen LogP contribution in [0.25, 0.3) is 33.6 Å². The van der Waals surface area contributed by atoms with Crippen molar-refractivity contribution in [1.29, 1.82) is 0 Å². The van der Waals surface area contributed by atoms with E-state index in [1.165, 1.54) is 16.3 Å². The minimum atomic E-state index is -0.259. The number of benzene rings is 2. The summed E-state index contributed by atoms with van der Waals surface area (Å²) in [6.45, 7) is 0. The van der Waals surface area contributed by atoms with Crippen molar-refractivity contribution in [2.24, 2.45) is 0 Å². The molecule has 1 aliphatic carbocycles. The highest BCUT2D eigenvalue weighted by Gasteiger charge is 2.24. The Morgan fingerprint density at radius 2 is 1.81 bits per heavy atom. The number of nitrogens with zero attached hydrogens (tertiary/aromatic N) is 5. The van der Waals surface area contributed by atoms with Crippen LogP contribution in [-0.2, 0) is 0 Å². The Morgan fingerprint density at radius 1 is 0.973 bits per heavy atom. The molecule has 0 saturated heterocycles. The van der Waals surface area contributed by atoms with Gasteiger partial charge >= 0.3 is 0 Å². The van der Waals surface area contributed by atoms with Gasteiger partial charge in [-0.15, -0.1) is 5.10 Å². The van der Waals surface area contributed by atoms with Crippen LogP contribution in [0.15, 0.2) is 77.9 Å². The number of rotatable bonds is 6. The zero-order valence-electron chi connectivity index (χ0n) is 20.3. The molecule has 5 aromatic rings. The van der Waals surface area contributed by atoms with Gasteiger partial charge in [-0.25, -0.2) is 4.98 Å². The summed E-state index contributed by atoms with van der Waals surface area (Å²) in [6, 6.07) is 17.3. The smallest absolute Gasteiger partial charge is 0.284 e. The Morgan fingerprint density at radius 3 is 2.51 bits per heavy atom. The lowest BCUT2D eigenvalue weighted by atomic mass is 9.92. The average Bonchev–Trinajstić information content (AvgIpc) is 3.35. The zero-order chi connectivity index (χ0) is 25.2. The van der Waals surface area contributed by atoms with Gasteiger partial charge in [0, 0.05) is 11.1 Å². The van der Waals surface area contributed by atoms with Gasteiger partial charge in [0.2, 0.25) is 5.95 Å². The summed E-state index contributed by atoms with van der Waals surface area (Å²) >= 11 is 0. The molecule has 3 aromatic heterocycles. The van der Waals surface area contributed by atoms with Crippen LogP contribution in [0.4, 0.5) is 11.8 Å². The summed E-state index contributed by atoms with van der Waals surface area (Å²) in [6.07, 6.45) is 9.50. The number of aromatic nitrogens is 6. The summed E-state index contributed by atoms with van der Waals surface area (Å²) in [5, 5.41) is 16.0. The second kappa shape index (κ2) is 9.69. The molecule has 0 amide bonds. The van der Waals surface area contributed by atoms with Crippen LogP contribution in [0.3, 0.4) is 0 Å². The molecule has 9 nitrogen and oxygen atoms in total. The van der Waals surface area contributed by atoms with E-state index in [4.69, 9.17) is 9.84 Å². The summed E-state index contributed by atoms with van der Waals surface area (Å²) < 4.78 is 6.79. The Balaban J connectivity index is 1.65. The van der Waals surface area contributed by atoms with Gasteiger partial charge in [0.1, 0.15) is 22.9 Å². The minimum absolute atomic E-state index is 0.259. The predicted octanol–water partition coefficient (Wildman–Crippen LogP) is 5.25. The van der Waals surface area contributed by atoms with Crippen molar-refractivity contribution in [3.05, 3.63) is 89.0 Å². The van der Waals surface area contributed by atoms with Gasteiger partial charge in [0.25, 0.3) is 5.56 Å². The molecule has 0 unspecified atom stereocenters. The van der Waals surface area contributed by atoms with Crippen molar-refractivity contribution in [2.75, 3.05) is 12.4 Å². The minimum Gasteiger partial charge on any atom is -0.497 e. The predicted molar refractivity (Wildman–Crippen MR) is 143 cm³/mol. The molecule has 0 saturated carbocycles. The first-order chi connectivity index (χ1) is 18.2. The van der Waals surface area contributed by atoms with Gasteiger partial charge in [-0.05, 0) is 49.0 Å². The monoisotopic (exact) mass is 491 g/mol. The standard InChI is InChI=1S/C28H25N7O2/c1-37-21-14-12-19(13-15-21)23-25(32-28-29-16-17-30-33-28)31-26-22(18-8-4-2-5-9-18)24(34-35(26)27(23)36)20-10-6-3-7-11-20/h3,6-8,10-17,31H,2,4-5,9H2,1H3,(H,29,32,33). The van der Waals surface area contributed by atoms with E-state index in [0.29, 0.717) is 28.3 Å². The van der Waals surface area contributed by atoms with Crippen LogP contribution in [-0.4, -0.2) is 36.9 Å². The average molecular weight is 492 g/mol. The van der Waals surface area contributed by atoms with Crippen LogP contribution in [0, 0.1) is 0 Å². The largest absolute Gasteiger partial charge is 0.497 e. The van der Waals surface area contributed by atoms with Gasteiger partial charge in [0.15, 0.2) is 0 Å². The first-order valence-corrected chi connectivity index (χ1v) is 12.2. The van der Waals surface area contributed by atoms with Crippen molar-refractivity contribution in [3.8, 4) is 28.1 Å². The summed E-state index contributed by atoms with van der Waals surface area (Å²) in [5.74, 6) is 1.44. The maximum atomic E-state index is 14.1. The molecule has 0 aliphatic heterocycles. The zero-order valence-corrected chi connectivity index (χ0v) is 20.3. The van der Waals surface area contributed by atoms with Crippen LogP contribution in [0.2, 0.25) is 0 Å². The first kappa shape index (κ1) is 22.7. The Bertz CT molecular complexity index is 1640. The van der Waals surface area contributed by atoms with Crippen molar-refractivity contribution in [3.63, 3.8) is 0 Å². The number of nitrogens with one attached hydrogen (secondary N) is 2. The number of anilines is 2. The molecule has 2 N–H and O–H groups in total. The van der Waals surface area contributed by atoms with Crippen molar-refractivity contribution in [2.45, 2.75) is 25.7 Å². The van der Waals surface area contributed by atoms with E-state index in [2.05, 4.69) is 31.6 Å². The lowest BCUT2D eigenvalue weighted by molar-refractivity contribution is 0.415. The molecule has 2 aromatic carbocycles. The molecule has 0 spiro atoms. The second-order valence-corrected chi connectivity index (χ2v) is 8.83. The lowest BCUT2D eigenvalue weighted by Crippen LogP contribution is -2.20. The highest BCUT2D eigenvalue weighted by Crippen LogP contribution is 2.37. The van der Waals surface area contributed by atoms with E-state index in [1.807, 2.05) is 54.6 Å². The summed E-state index contributed by atoms with van der Waals surface area (Å²) in [5.41, 5.74) is 5.34. The highest BCUT2D eigenvalue weighted by molar-refractivity contribution is 5.89. The quantitative estimate of drug-likeness (QED) is 0.334. The van der Waals surface area contributed by atoms with Crippen molar-refractivity contribution >= 4 is 23.0 Å². The molecule has 1 aliphatic rings. The molecule has 6 rings (SSSR count). The van der Waals surface area contributed by atoms with E-state index >= 15 is 0 Å². The summed E-state index contributed by atoms with van der Waals surface area (Å²) in [4.78, 5) is 21.8. The van der Waals surface area contributed by atoms with Gasteiger partial charge in [0.05, 0.1) is 25.1 Å². The molecule has 9 heteroatoms. The molecule has 184 valence electrons. The Hall–Kier alpha value is -4.79. The maximum Gasteiger partial charge on any atom is 0.284 e. The SMILES string of the molecule is COc1ccc(-c2c(Nc3nccnn3)[nH]c3c(C4=CCCCC4)c(-c4ccccc4)nn3c2=O)cc1. The Kier molecular flexibility index (Phi) is 5.94. The number of H-pyrrole nitrogens is 1. The number of ether oxygens (including phenoxy) is 1. The fraction of sp³-hybridized carbons (Fsp3) is 0.179. The fourth-order valence-corrected chi connectivity index (χ4v) is 4.78. The number of aromatic amines is 1. The second-order valence-electron chi connectivity index (χ2n) is 8.83. The number of fused-ring (bicyclic) bond motifs is 1. The molecule has 3 heterocycles. The fourth-order valence-electron chi connectivity index (χ4n) is 4.78. The Labute approximate surface area is 212 Å². The van der Waals surface area contributed by atoms with Gasteiger partial charge in [-0.3, -0.25) is 4.79 Å². The molecule has 0 atom stereocenters. The normalized spacial score (nSPS) is 13.4. The van der Waals surface area contributed by atoms with E-state index in [1.54, 1.807) is 13.3 Å². The van der Waals surface area contributed by atoms with E-state index in [9.17, 15) is 4.79 Å². The molecular formula is C28H25N7O2. The third-order valence-corrected chi connectivity index (χ3v) is 6.54. The molecular weight excluding hydrogens is 466 g/mol. The third kappa shape index (κ3) is 4.24. The van der Waals surface area contributed by atoms with Crippen LogP contribution in [0.1, 0.15) is 31.2 Å². The molecule has 0 fully saturated rings. The maximum absolute atomic E-state index is 14.1. The van der Waals surface area contributed by atoms with Crippen LogP contribution < -0.4 is 15.6 Å². The molecule has 37 heavy (non-hydrogen) atoms. The molecule has 0 radical (unpaired) electrons. The number of hydrogen-bond acceptors (Lipinski definition) is 7. The van der Waals surface area contributed by atoms with Crippen molar-refractivity contribution < 1.29 is 4.74 Å². The first-order valence-electron chi connectivity index (χ1n) is 12.2. The highest BCUT2D eigenvalue weighted by atomic mass is 16.5. The molecule has 0 bridgehead atoms. The van der Waals surface area contributed by atoms with Gasteiger partial charge in [-0.2, -0.15) is 14.7 Å². The van der Waals surface area contributed by atoms with E-state index in [0.717, 1.165) is 42.5 Å². The lowest BCUT2D eigenvalue weighted by Gasteiger charge is -2.15. The topological polar surface area (TPSA) is 110 Å². The number of methoxy groups -OCH3 is 1. The van der Waals surface area contributed by atoms with Crippen LogP contribution in [0.5, 0.6) is 5.75 Å². The van der Waals surface area contributed by atoms with Gasteiger partial charge < -0.3 is 15.0 Å². The summed E-state index contributed by atoms with van der Waals surface area (Å²) in [7, 11) is 1.61. The van der Waals surface area contributed by atoms with Gasteiger partial charge in [-0.1, -0.05) is 48.5 Å². The van der Waals surface area contributed by atoms with E-state index in [-0.39, 0.29) is 11.5 Å². The van der Waals surface area contributed by atoms with E-state index < -0.39 is 0 Å². The third-order valence-electron chi connectivity index (χ3n) is 6.54. The van der Waals surface area contributed by atoms with Crippen LogP contribution >= 0.6 is 0 Å². The van der Waals surface area contributed by atoms with Crippen molar-refractivity contribution in [1.82, 2.24) is 29.8 Å². The number of allylic oxidation sites excluding steroid dienone is 2.